The fourth-order valence-corrected chi connectivity index (χ4v) is 4.14. The third-order valence-corrected chi connectivity index (χ3v) is 5.71. The number of carbonyl (C=O) groups is 3. The van der Waals surface area contributed by atoms with Gasteiger partial charge in [-0.2, -0.15) is 0 Å². The minimum absolute atomic E-state index is 0.0364. The Kier molecular flexibility index (Phi) is 5.01. The number of amides is 2. The molecule has 9 nitrogen and oxygen atoms in total. The van der Waals surface area contributed by atoms with E-state index >= 15 is 0 Å². The molecule has 0 radical (unpaired) electrons. The second-order valence-corrected chi connectivity index (χ2v) is 7.61. The van der Waals surface area contributed by atoms with Crippen LogP contribution in [0.25, 0.3) is 21.9 Å². The zero-order valence-electron chi connectivity index (χ0n) is 18.2. The summed E-state index contributed by atoms with van der Waals surface area (Å²) >= 11 is 0. The van der Waals surface area contributed by atoms with E-state index in [-0.39, 0.29) is 50.9 Å². The number of ether oxygens (including phenoxy) is 2. The first-order valence-electron chi connectivity index (χ1n) is 10.3. The van der Waals surface area contributed by atoms with Gasteiger partial charge in [-0.25, -0.2) is 4.79 Å². The highest BCUT2D eigenvalue weighted by Gasteiger charge is 2.39. The predicted molar refractivity (Wildman–Crippen MR) is 123 cm³/mol. The monoisotopic (exact) mass is 458 g/mol. The molecule has 3 aromatic carbocycles. The molecule has 9 heteroatoms. The zero-order chi connectivity index (χ0) is 24.0. The van der Waals surface area contributed by atoms with Crippen molar-refractivity contribution in [2.75, 3.05) is 19.5 Å². The van der Waals surface area contributed by atoms with Gasteiger partial charge in [0.1, 0.15) is 11.3 Å². The van der Waals surface area contributed by atoms with Crippen molar-refractivity contribution < 1.29 is 28.3 Å². The van der Waals surface area contributed by atoms with Crippen LogP contribution < -0.4 is 20.8 Å². The van der Waals surface area contributed by atoms with Gasteiger partial charge in [0.25, 0.3) is 11.8 Å². The van der Waals surface area contributed by atoms with E-state index in [1.807, 2.05) is 30.3 Å². The molecule has 1 aliphatic heterocycles. The van der Waals surface area contributed by atoms with E-state index in [2.05, 4.69) is 10.6 Å². The summed E-state index contributed by atoms with van der Waals surface area (Å²) in [7, 11) is 2.61. The van der Waals surface area contributed by atoms with E-state index in [4.69, 9.17) is 13.9 Å². The van der Waals surface area contributed by atoms with Crippen molar-refractivity contribution in [1.29, 1.82) is 0 Å². The molecule has 4 aromatic rings. The third kappa shape index (κ3) is 3.17. The fraction of sp³-hybridized carbons (Fsp3) is 0.120. The van der Waals surface area contributed by atoms with Crippen molar-refractivity contribution in [1.82, 2.24) is 5.32 Å². The SMILES string of the molecule is COC(=O)c1c2c(c(NCc3ccccc3)c3oc4cc(OC)ccc4c(=O)c13)C(=O)NC2=O. The van der Waals surface area contributed by atoms with Gasteiger partial charge in [-0.15, -0.1) is 0 Å². The van der Waals surface area contributed by atoms with E-state index in [0.717, 1.165) is 12.7 Å². The number of benzene rings is 3. The van der Waals surface area contributed by atoms with Crippen LogP contribution in [0.4, 0.5) is 5.69 Å². The Bertz CT molecular complexity index is 1570. The summed E-state index contributed by atoms with van der Waals surface area (Å²) in [6.45, 7) is 0.265. The van der Waals surface area contributed by atoms with Crippen molar-refractivity contribution in [3.8, 4) is 5.75 Å². The molecule has 2 amide bonds. The Balaban J connectivity index is 1.91. The minimum Gasteiger partial charge on any atom is -0.497 e. The number of fused-ring (bicyclic) bond motifs is 3. The average molecular weight is 458 g/mol. The molecule has 1 aliphatic rings. The Labute approximate surface area is 192 Å². The molecule has 1 aromatic heterocycles. The van der Waals surface area contributed by atoms with Gasteiger partial charge < -0.3 is 19.2 Å². The first kappa shape index (κ1) is 21.2. The molecule has 0 unspecified atom stereocenters. The van der Waals surface area contributed by atoms with E-state index in [9.17, 15) is 19.2 Å². The first-order valence-corrected chi connectivity index (χ1v) is 10.3. The van der Waals surface area contributed by atoms with Crippen molar-refractivity contribution in [3.63, 3.8) is 0 Å². The van der Waals surface area contributed by atoms with E-state index in [1.165, 1.54) is 19.2 Å². The van der Waals surface area contributed by atoms with Gasteiger partial charge in [0.05, 0.1) is 47.4 Å². The number of methoxy groups -OCH3 is 2. The van der Waals surface area contributed by atoms with Gasteiger partial charge in [-0.3, -0.25) is 19.7 Å². The van der Waals surface area contributed by atoms with Gasteiger partial charge >= 0.3 is 5.97 Å². The molecule has 5 rings (SSSR count). The van der Waals surface area contributed by atoms with E-state index in [1.54, 1.807) is 6.07 Å². The molecule has 0 aliphatic carbocycles. The molecular weight excluding hydrogens is 440 g/mol. The van der Waals surface area contributed by atoms with Crippen molar-refractivity contribution >= 4 is 45.4 Å². The topological polar surface area (TPSA) is 124 Å². The van der Waals surface area contributed by atoms with Crippen LogP contribution in [0.3, 0.4) is 0 Å². The Morgan fingerprint density at radius 3 is 2.44 bits per heavy atom. The van der Waals surface area contributed by atoms with E-state index in [0.29, 0.717) is 5.75 Å². The van der Waals surface area contributed by atoms with Crippen LogP contribution in [-0.4, -0.2) is 32.0 Å². The van der Waals surface area contributed by atoms with Gasteiger partial charge in [0, 0.05) is 12.6 Å². The fourth-order valence-electron chi connectivity index (χ4n) is 4.14. The molecule has 0 saturated heterocycles. The number of hydrogen-bond donors (Lipinski definition) is 2. The maximum atomic E-state index is 13.6. The predicted octanol–water partition coefficient (Wildman–Crippen LogP) is 3.24. The van der Waals surface area contributed by atoms with Crippen LogP contribution in [0.1, 0.15) is 36.6 Å². The highest BCUT2D eigenvalue weighted by Crippen LogP contribution is 2.38. The van der Waals surface area contributed by atoms with Gasteiger partial charge in [0.15, 0.2) is 5.58 Å². The number of nitrogens with one attached hydrogen (secondary N) is 2. The van der Waals surface area contributed by atoms with Gasteiger partial charge in [0.2, 0.25) is 5.43 Å². The lowest BCUT2D eigenvalue weighted by Crippen LogP contribution is -2.21. The number of hydrogen-bond acceptors (Lipinski definition) is 8. The highest BCUT2D eigenvalue weighted by atomic mass is 16.5. The normalized spacial score (nSPS) is 12.5. The lowest BCUT2D eigenvalue weighted by molar-refractivity contribution is 0.0598. The molecule has 0 atom stereocenters. The highest BCUT2D eigenvalue weighted by molar-refractivity contribution is 6.31. The molecule has 2 N–H and O–H groups in total. The van der Waals surface area contributed by atoms with E-state index < -0.39 is 23.2 Å². The summed E-state index contributed by atoms with van der Waals surface area (Å²) < 4.78 is 16.2. The average Bonchev–Trinajstić information content (AvgIpc) is 3.15. The van der Waals surface area contributed by atoms with Crippen molar-refractivity contribution in [2.24, 2.45) is 0 Å². The largest absolute Gasteiger partial charge is 0.497 e. The molecule has 170 valence electrons. The Morgan fingerprint density at radius 1 is 1.00 bits per heavy atom. The maximum absolute atomic E-state index is 13.6. The molecule has 0 bridgehead atoms. The second-order valence-electron chi connectivity index (χ2n) is 7.61. The quantitative estimate of drug-likeness (QED) is 0.265. The standard InChI is InChI=1S/C25H18N2O7/c1-32-13-8-9-14-15(10-13)34-22-19(21(14)28)17(25(31)33-2)16-18(24(30)27-23(16)29)20(22)26-11-12-6-4-3-5-7-12/h3-10,26H,11H2,1-2H3,(H,27,29,30). The second kappa shape index (κ2) is 8.04. The summed E-state index contributed by atoms with van der Waals surface area (Å²) in [6.07, 6.45) is 0. The molecule has 0 spiro atoms. The van der Waals surface area contributed by atoms with Crippen LogP contribution in [0, 0.1) is 0 Å². The lowest BCUT2D eigenvalue weighted by Gasteiger charge is -2.16. The molecule has 34 heavy (non-hydrogen) atoms. The van der Waals surface area contributed by atoms with Gasteiger partial charge in [-0.1, -0.05) is 30.3 Å². The van der Waals surface area contributed by atoms with Crippen LogP contribution in [0.5, 0.6) is 5.75 Å². The number of esters is 1. The van der Waals surface area contributed by atoms with Gasteiger partial charge in [-0.05, 0) is 17.7 Å². The third-order valence-electron chi connectivity index (χ3n) is 5.71. The van der Waals surface area contributed by atoms with Crippen molar-refractivity contribution in [3.05, 3.63) is 81.0 Å². The summed E-state index contributed by atoms with van der Waals surface area (Å²) in [5.74, 6) is -1.98. The summed E-state index contributed by atoms with van der Waals surface area (Å²) in [5.41, 5.74) is 0.0114. The number of imide groups is 1. The molecule has 2 heterocycles. The van der Waals surface area contributed by atoms with Crippen LogP contribution in [0.15, 0.2) is 57.7 Å². The van der Waals surface area contributed by atoms with Crippen LogP contribution in [-0.2, 0) is 11.3 Å². The minimum atomic E-state index is -0.930. The summed E-state index contributed by atoms with van der Waals surface area (Å²) in [4.78, 5) is 51.9. The molecule has 0 fully saturated rings. The number of rotatable bonds is 5. The van der Waals surface area contributed by atoms with Crippen molar-refractivity contribution in [2.45, 2.75) is 6.54 Å². The first-order chi connectivity index (χ1) is 16.4. The molecule has 0 saturated carbocycles. The lowest BCUT2D eigenvalue weighted by atomic mass is 9.94. The smallest absolute Gasteiger partial charge is 0.339 e. The van der Waals surface area contributed by atoms with Crippen LogP contribution >= 0.6 is 0 Å². The Morgan fingerprint density at radius 2 is 1.74 bits per heavy atom. The number of anilines is 1. The Hall–Kier alpha value is -4.66. The maximum Gasteiger partial charge on any atom is 0.339 e. The molecular formula is C25H18N2O7. The zero-order valence-corrected chi connectivity index (χ0v) is 18.2. The van der Waals surface area contributed by atoms with Crippen LogP contribution in [0.2, 0.25) is 0 Å². The number of carbonyl (C=O) groups excluding carboxylic acids is 3. The summed E-state index contributed by atoms with van der Waals surface area (Å²) in [6, 6.07) is 14.0. The summed E-state index contributed by atoms with van der Waals surface area (Å²) in [5, 5.41) is 5.36.